The Morgan fingerprint density at radius 3 is 2.88 bits per heavy atom. The van der Waals surface area contributed by atoms with Crippen LogP contribution in [-0.2, 0) is 17.8 Å². The summed E-state index contributed by atoms with van der Waals surface area (Å²) in [4.78, 5) is 15.0. The van der Waals surface area contributed by atoms with Crippen molar-refractivity contribution in [2.24, 2.45) is 5.92 Å². The van der Waals surface area contributed by atoms with Crippen LogP contribution in [-0.4, -0.2) is 39.8 Å². The van der Waals surface area contributed by atoms with E-state index in [0.717, 1.165) is 30.8 Å². The summed E-state index contributed by atoms with van der Waals surface area (Å²) in [5, 5.41) is 4.38. The van der Waals surface area contributed by atoms with E-state index in [0.29, 0.717) is 24.8 Å². The van der Waals surface area contributed by atoms with Crippen LogP contribution in [0.1, 0.15) is 53.9 Å². The molecule has 0 aromatic carbocycles. The van der Waals surface area contributed by atoms with E-state index in [2.05, 4.69) is 5.10 Å². The van der Waals surface area contributed by atoms with Gasteiger partial charge in [0.1, 0.15) is 0 Å². The smallest absolute Gasteiger partial charge is 0.290 e. The minimum atomic E-state index is -0.0587. The minimum absolute atomic E-state index is 0.0371. The van der Waals surface area contributed by atoms with Crippen molar-refractivity contribution in [3.63, 3.8) is 0 Å². The number of aryl methyl sites for hydroxylation is 2. The summed E-state index contributed by atoms with van der Waals surface area (Å²) in [6.45, 7) is 4.64. The molecule has 1 amide bonds. The lowest BCUT2D eigenvalue weighted by Crippen LogP contribution is -2.42. The maximum atomic E-state index is 13.1. The third kappa shape index (κ3) is 3.56. The van der Waals surface area contributed by atoms with Crippen LogP contribution in [0, 0.1) is 12.8 Å². The first-order chi connectivity index (χ1) is 12.7. The molecule has 1 unspecified atom stereocenters. The Labute approximate surface area is 154 Å². The Balaban J connectivity index is 1.49. The van der Waals surface area contributed by atoms with Gasteiger partial charge in [0.05, 0.1) is 31.2 Å². The fourth-order valence-electron chi connectivity index (χ4n) is 4.11. The first-order valence-corrected chi connectivity index (χ1v) is 9.66. The van der Waals surface area contributed by atoms with Gasteiger partial charge in [-0.1, -0.05) is 12.8 Å². The number of amides is 1. The van der Waals surface area contributed by atoms with E-state index >= 15 is 0 Å². The van der Waals surface area contributed by atoms with Crippen LogP contribution in [0.2, 0.25) is 0 Å². The minimum Gasteiger partial charge on any atom is -0.459 e. The summed E-state index contributed by atoms with van der Waals surface area (Å²) in [6, 6.07) is 3.85. The highest BCUT2D eigenvalue weighted by atomic mass is 16.5. The highest BCUT2D eigenvalue weighted by molar-refractivity contribution is 5.93. The molecule has 2 aromatic rings. The number of aromatic nitrogens is 2. The molecule has 0 spiro atoms. The molecule has 0 bridgehead atoms. The van der Waals surface area contributed by atoms with Gasteiger partial charge >= 0.3 is 0 Å². The van der Waals surface area contributed by atoms with E-state index in [9.17, 15) is 4.79 Å². The molecule has 1 aliphatic carbocycles. The van der Waals surface area contributed by atoms with Gasteiger partial charge in [0.2, 0.25) is 0 Å². The predicted molar refractivity (Wildman–Crippen MR) is 96.7 cm³/mol. The number of carbonyl (C=O) groups is 1. The second-order valence-corrected chi connectivity index (χ2v) is 7.54. The number of carbonyl (C=O) groups excluding carboxylic acids is 1. The van der Waals surface area contributed by atoms with Crippen molar-refractivity contribution in [1.82, 2.24) is 14.7 Å². The topological polar surface area (TPSA) is 60.5 Å². The SMILES string of the molecule is Cc1ccoc1C(=O)N1Cc2ccnn2CCC1COCC1CCCC1. The van der Waals surface area contributed by atoms with E-state index in [4.69, 9.17) is 9.15 Å². The van der Waals surface area contributed by atoms with E-state index in [-0.39, 0.29) is 11.9 Å². The van der Waals surface area contributed by atoms with Crippen LogP contribution < -0.4 is 0 Å². The van der Waals surface area contributed by atoms with Crippen LogP contribution in [0.15, 0.2) is 29.0 Å². The molecule has 0 saturated heterocycles. The number of hydrogen-bond donors (Lipinski definition) is 0. The Morgan fingerprint density at radius 2 is 2.12 bits per heavy atom. The van der Waals surface area contributed by atoms with Gasteiger partial charge in [0, 0.05) is 24.9 Å². The molecule has 0 N–H and O–H groups in total. The summed E-state index contributed by atoms with van der Waals surface area (Å²) in [5.74, 6) is 1.06. The monoisotopic (exact) mass is 357 g/mol. The van der Waals surface area contributed by atoms with Crippen molar-refractivity contribution >= 4 is 5.91 Å². The zero-order chi connectivity index (χ0) is 17.9. The van der Waals surface area contributed by atoms with E-state index in [1.807, 2.05) is 28.6 Å². The Hall–Kier alpha value is -2.08. The fraction of sp³-hybridized carbons (Fsp3) is 0.600. The zero-order valence-corrected chi connectivity index (χ0v) is 15.4. The van der Waals surface area contributed by atoms with Crippen LogP contribution in [0.4, 0.5) is 0 Å². The number of furan rings is 1. The molecule has 6 heteroatoms. The lowest BCUT2D eigenvalue weighted by Gasteiger charge is -2.29. The van der Waals surface area contributed by atoms with Gasteiger partial charge in [-0.15, -0.1) is 0 Å². The van der Waals surface area contributed by atoms with Crippen LogP contribution in [0.3, 0.4) is 0 Å². The van der Waals surface area contributed by atoms with Gasteiger partial charge in [-0.05, 0) is 44.2 Å². The maximum absolute atomic E-state index is 13.1. The summed E-state index contributed by atoms with van der Waals surface area (Å²) < 4.78 is 13.5. The first kappa shape index (κ1) is 17.3. The molecule has 6 nitrogen and oxygen atoms in total. The summed E-state index contributed by atoms with van der Waals surface area (Å²) in [7, 11) is 0. The predicted octanol–water partition coefficient (Wildman–Crippen LogP) is 3.41. The van der Waals surface area contributed by atoms with E-state index in [1.54, 1.807) is 12.5 Å². The lowest BCUT2D eigenvalue weighted by molar-refractivity contribution is 0.0288. The molecule has 4 rings (SSSR count). The number of hydrogen-bond acceptors (Lipinski definition) is 4. The van der Waals surface area contributed by atoms with Crippen LogP contribution in [0.5, 0.6) is 0 Å². The van der Waals surface area contributed by atoms with Gasteiger partial charge in [-0.2, -0.15) is 5.10 Å². The molecule has 2 aliphatic rings. The molecule has 1 fully saturated rings. The average molecular weight is 357 g/mol. The van der Waals surface area contributed by atoms with Crippen LogP contribution in [0.25, 0.3) is 0 Å². The molecule has 2 aromatic heterocycles. The van der Waals surface area contributed by atoms with Gasteiger partial charge < -0.3 is 14.1 Å². The van der Waals surface area contributed by atoms with Crippen molar-refractivity contribution in [1.29, 1.82) is 0 Å². The van der Waals surface area contributed by atoms with Gasteiger partial charge in [-0.3, -0.25) is 9.48 Å². The van der Waals surface area contributed by atoms with Crippen molar-refractivity contribution in [3.8, 4) is 0 Å². The summed E-state index contributed by atoms with van der Waals surface area (Å²) >= 11 is 0. The number of ether oxygens (including phenoxy) is 1. The lowest BCUT2D eigenvalue weighted by atomic mass is 10.1. The molecular weight excluding hydrogens is 330 g/mol. The van der Waals surface area contributed by atoms with Crippen molar-refractivity contribution in [2.45, 2.75) is 58.2 Å². The van der Waals surface area contributed by atoms with Gasteiger partial charge in [0.15, 0.2) is 5.76 Å². The van der Waals surface area contributed by atoms with Crippen molar-refractivity contribution in [3.05, 3.63) is 41.6 Å². The Morgan fingerprint density at radius 1 is 1.27 bits per heavy atom. The molecule has 3 heterocycles. The van der Waals surface area contributed by atoms with E-state index < -0.39 is 0 Å². The molecule has 140 valence electrons. The molecule has 1 aliphatic heterocycles. The van der Waals surface area contributed by atoms with Gasteiger partial charge in [0.25, 0.3) is 5.91 Å². The zero-order valence-electron chi connectivity index (χ0n) is 15.4. The normalized spacial score (nSPS) is 21.0. The molecule has 1 atom stereocenters. The molecular formula is C20H27N3O3. The summed E-state index contributed by atoms with van der Waals surface area (Å²) in [6.07, 6.45) is 9.40. The highest BCUT2D eigenvalue weighted by Gasteiger charge is 2.31. The Bertz CT molecular complexity index is 745. The third-order valence-corrected chi connectivity index (χ3v) is 5.71. The third-order valence-electron chi connectivity index (χ3n) is 5.71. The van der Waals surface area contributed by atoms with Crippen molar-refractivity contribution < 1.29 is 13.9 Å². The number of nitrogens with zero attached hydrogens (tertiary/aromatic N) is 3. The maximum Gasteiger partial charge on any atom is 0.290 e. The Kier molecular flexibility index (Phi) is 5.11. The average Bonchev–Trinajstić information content (AvgIpc) is 3.37. The largest absolute Gasteiger partial charge is 0.459 e. The molecule has 1 saturated carbocycles. The second-order valence-electron chi connectivity index (χ2n) is 7.54. The standard InChI is InChI=1S/C20H27N3O3/c1-15-8-11-26-19(15)20(24)22-12-17-6-9-21-23(17)10-7-18(22)14-25-13-16-4-2-3-5-16/h6,8-9,11,16,18H,2-5,7,10,12-14H2,1H3. The van der Waals surface area contributed by atoms with Gasteiger partial charge in [-0.25, -0.2) is 0 Å². The highest BCUT2D eigenvalue weighted by Crippen LogP contribution is 2.26. The second kappa shape index (κ2) is 7.66. The van der Waals surface area contributed by atoms with Crippen molar-refractivity contribution in [2.75, 3.05) is 13.2 Å². The summed E-state index contributed by atoms with van der Waals surface area (Å²) in [5.41, 5.74) is 1.93. The molecule has 0 radical (unpaired) electrons. The quantitative estimate of drug-likeness (QED) is 0.823. The number of fused-ring (bicyclic) bond motifs is 1. The fourth-order valence-corrected chi connectivity index (χ4v) is 4.11. The first-order valence-electron chi connectivity index (χ1n) is 9.66. The van der Waals surface area contributed by atoms with Crippen LogP contribution >= 0.6 is 0 Å². The van der Waals surface area contributed by atoms with E-state index in [1.165, 1.54) is 25.7 Å². The number of rotatable bonds is 5. The molecule has 26 heavy (non-hydrogen) atoms.